The van der Waals surface area contributed by atoms with Crippen LogP contribution in [-0.2, 0) is 11.3 Å². The van der Waals surface area contributed by atoms with Crippen LogP contribution in [-0.4, -0.2) is 15.5 Å². The number of para-hydroxylation sites is 1. The standard InChI is InChI=1S/C19H16Cl2N2O3/c1-12-4-2-5-14-18(12)22-11-23(19(14)25)9-3-6-17(24)26-13-7-8-15(20)16(21)10-13/h2,4-5,7-8,10-11H,3,6,9H2,1H3. The van der Waals surface area contributed by atoms with E-state index in [1.54, 1.807) is 18.2 Å². The number of carbonyl (C=O) groups excluding carboxylic acids is 1. The maximum atomic E-state index is 12.5. The van der Waals surface area contributed by atoms with E-state index in [0.717, 1.165) is 5.56 Å². The predicted molar refractivity (Wildman–Crippen MR) is 102 cm³/mol. The van der Waals surface area contributed by atoms with Crippen LogP contribution in [0.2, 0.25) is 10.0 Å². The van der Waals surface area contributed by atoms with Crippen molar-refractivity contribution < 1.29 is 9.53 Å². The molecule has 0 saturated heterocycles. The molecule has 0 fully saturated rings. The molecule has 26 heavy (non-hydrogen) atoms. The Morgan fingerprint density at radius 3 is 2.77 bits per heavy atom. The second-order valence-electron chi connectivity index (χ2n) is 5.87. The first-order valence-electron chi connectivity index (χ1n) is 8.06. The molecule has 1 heterocycles. The van der Waals surface area contributed by atoms with E-state index in [2.05, 4.69) is 4.98 Å². The molecule has 0 spiro atoms. The zero-order valence-corrected chi connectivity index (χ0v) is 15.5. The van der Waals surface area contributed by atoms with Gasteiger partial charge in [-0.05, 0) is 37.1 Å². The summed E-state index contributed by atoms with van der Waals surface area (Å²) in [6, 6.07) is 10.1. The molecule has 0 saturated carbocycles. The molecule has 7 heteroatoms. The van der Waals surface area contributed by atoms with Gasteiger partial charge >= 0.3 is 5.97 Å². The fraction of sp³-hybridized carbons (Fsp3) is 0.211. The van der Waals surface area contributed by atoms with Crippen LogP contribution in [0.1, 0.15) is 18.4 Å². The molecule has 3 rings (SSSR count). The molecule has 0 bridgehead atoms. The van der Waals surface area contributed by atoms with E-state index in [0.29, 0.717) is 39.7 Å². The Bertz CT molecular complexity index is 1030. The largest absolute Gasteiger partial charge is 0.426 e. The van der Waals surface area contributed by atoms with E-state index < -0.39 is 5.97 Å². The summed E-state index contributed by atoms with van der Waals surface area (Å²) in [4.78, 5) is 28.8. The molecular weight excluding hydrogens is 375 g/mol. The maximum Gasteiger partial charge on any atom is 0.311 e. The van der Waals surface area contributed by atoms with Gasteiger partial charge in [0, 0.05) is 19.0 Å². The SMILES string of the molecule is Cc1cccc2c(=O)n(CCCC(=O)Oc3ccc(Cl)c(Cl)c3)cnc12. The quantitative estimate of drug-likeness (QED) is 0.478. The number of rotatable bonds is 5. The first kappa shape index (κ1) is 18.4. The number of aromatic nitrogens is 2. The Balaban J connectivity index is 1.62. The number of nitrogens with zero attached hydrogens (tertiary/aromatic N) is 2. The summed E-state index contributed by atoms with van der Waals surface area (Å²) < 4.78 is 6.73. The molecule has 0 amide bonds. The summed E-state index contributed by atoms with van der Waals surface area (Å²) in [6.45, 7) is 2.30. The van der Waals surface area contributed by atoms with Crippen molar-refractivity contribution >= 4 is 40.1 Å². The third kappa shape index (κ3) is 4.06. The van der Waals surface area contributed by atoms with Crippen molar-refractivity contribution in [3.8, 4) is 5.75 Å². The molecular formula is C19H16Cl2N2O3. The van der Waals surface area contributed by atoms with Gasteiger partial charge in [-0.3, -0.25) is 14.2 Å². The number of aryl methyl sites for hydroxylation is 2. The van der Waals surface area contributed by atoms with Crippen molar-refractivity contribution in [3.05, 3.63) is 68.7 Å². The van der Waals surface area contributed by atoms with Crippen LogP contribution in [0.15, 0.2) is 47.5 Å². The molecule has 0 radical (unpaired) electrons. The molecule has 1 aromatic heterocycles. The van der Waals surface area contributed by atoms with Crippen LogP contribution in [0.3, 0.4) is 0 Å². The molecule has 0 atom stereocenters. The van der Waals surface area contributed by atoms with Gasteiger partial charge in [0.2, 0.25) is 0 Å². The van der Waals surface area contributed by atoms with Gasteiger partial charge in [0.1, 0.15) is 5.75 Å². The van der Waals surface area contributed by atoms with Gasteiger partial charge in [-0.2, -0.15) is 0 Å². The van der Waals surface area contributed by atoms with Crippen molar-refractivity contribution in [3.63, 3.8) is 0 Å². The predicted octanol–water partition coefficient (Wildman–Crippen LogP) is 4.40. The summed E-state index contributed by atoms with van der Waals surface area (Å²) in [7, 11) is 0. The van der Waals surface area contributed by atoms with Crippen LogP contribution in [0.4, 0.5) is 0 Å². The van der Waals surface area contributed by atoms with Crippen molar-refractivity contribution in [2.24, 2.45) is 0 Å². The molecule has 5 nitrogen and oxygen atoms in total. The van der Waals surface area contributed by atoms with Crippen molar-refractivity contribution in [2.75, 3.05) is 0 Å². The topological polar surface area (TPSA) is 61.2 Å². The highest BCUT2D eigenvalue weighted by atomic mass is 35.5. The molecule has 3 aromatic rings. The van der Waals surface area contributed by atoms with E-state index in [-0.39, 0.29) is 12.0 Å². The van der Waals surface area contributed by atoms with E-state index in [1.807, 2.05) is 19.1 Å². The van der Waals surface area contributed by atoms with Crippen LogP contribution < -0.4 is 10.3 Å². The van der Waals surface area contributed by atoms with Gasteiger partial charge in [0.05, 0.1) is 27.3 Å². The minimum atomic E-state index is -0.402. The Morgan fingerprint density at radius 2 is 2.00 bits per heavy atom. The zero-order chi connectivity index (χ0) is 18.7. The minimum absolute atomic E-state index is 0.114. The highest BCUT2D eigenvalue weighted by molar-refractivity contribution is 6.42. The number of halogens is 2. The Hall–Kier alpha value is -2.37. The fourth-order valence-corrected chi connectivity index (χ4v) is 2.90. The monoisotopic (exact) mass is 390 g/mol. The van der Waals surface area contributed by atoms with Gasteiger partial charge < -0.3 is 4.74 Å². The number of benzene rings is 2. The highest BCUT2D eigenvalue weighted by Gasteiger charge is 2.09. The average Bonchev–Trinajstić information content (AvgIpc) is 2.61. The van der Waals surface area contributed by atoms with Crippen molar-refractivity contribution in [1.29, 1.82) is 0 Å². The molecule has 0 aliphatic carbocycles. The molecule has 0 unspecified atom stereocenters. The van der Waals surface area contributed by atoms with E-state index in [9.17, 15) is 9.59 Å². The number of ether oxygens (including phenoxy) is 1. The van der Waals surface area contributed by atoms with Gasteiger partial charge in [0.25, 0.3) is 5.56 Å². The lowest BCUT2D eigenvalue weighted by Gasteiger charge is -2.08. The summed E-state index contributed by atoms with van der Waals surface area (Å²) in [5.41, 5.74) is 1.54. The van der Waals surface area contributed by atoms with Gasteiger partial charge in [-0.25, -0.2) is 4.98 Å². The van der Waals surface area contributed by atoms with Crippen LogP contribution in [0.25, 0.3) is 10.9 Å². The Labute approximate surface area is 160 Å². The first-order valence-corrected chi connectivity index (χ1v) is 8.82. The van der Waals surface area contributed by atoms with Crippen molar-refractivity contribution in [1.82, 2.24) is 9.55 Å². The van der Waals surface area contributed by atoms with Gasteiger partial charge in [0.15, 0.2) is 0 Å². The van der Waals surface area contributed by atoms with E-state index >= 15 is 0 Å². The fourth-order valence-electron chi connectivity index (χ4n) is 2.61. The average molecular weight is 391 g/mol. The lowest BCUT2D eigenvalue weighted by molar-refractivity contribution is -0.134. The van der Waals surface area contributed by atoms with Crippen LogP contribution in [0.5, 0.6) is 5.75 Å². The number of carbonyl (C=O) groups is 1. The third-order valence-electron chi connectivity index (χ3n) is 3.96. The smallest absolute Gasteiger partial charge is 0.311 e. The summed E-state index contributed by atoms with van der Waals surface area (Å²) in [5, 5.41) is 1.29. The minimum Gasteiger partial charge on any atom is -0.426 e. The molecule has 134 valence electrons. The molecule has 0 aliphatic heterocycles. The number of hydrogen-bond acceptors (Lipinski definition) is 4. The number of esters is 1. The van der Waals surface area contributed by atoms with E-state index in [4.69, 9.17) is 27.9 Å². The molecule has 0 N–H and O–H groups in total. The number of hydrogen-bond donors (Lipinski definition) is 0. The molecule has 2 aromatic carbocycles. The van der Waals surface area contributed by atoms with Crippen LogP contribution in [0, 0.1) is 6.92 Å². The second kappa shape index (κ2) is 7.89. The second-order valence-corrected chi connectivity index (χ2v) is 6.68. The Kier molecular flexibility index (Phi) is 5.59. The van der Waals surface area contributed by atoms with Crippen LogP contribution >= 0.6 is 23.2 Å². The van der Waals surface area contributed by atoms with Gasteiger partial charge in [-0.1, -0.05) is 35.3 Å². The van der Waals surface area contributed by atoms with Gasteiger partial charge in [-0.15, -0.1) is 0 Å². The first-order chi connectivity index (χ1) is 12.5. The zero-order valence-electron chi connectivity index (χ0n) is 14.0. The summed E-state index contributed by atoms with van der Waals surface area (Å²) >= 11 is 11.7. The normalized spacial score (nSPS) is 10.9. The summed E-state index contributed by atoms with van der Waals surface area (Å²) in [6.07, 6.45) is 2.14. The lowest BCUT2D eigenvalue weighted by atomic mass is 10.1. The van der Waals surface area contributed by atoms with Crippen molar-refractivity contribution in [2.45, 2.75) is 26.3 Å². The maximum absolute atomic E-state index is 12.5. The Morgan fingerprint density at radius 1 is 1.19 bits per heavy atom. The molecule has 0 aliphatic rings. The third-order valence-corrected chi connectivity index (χ3v) is 4.70. The number of fused-ring (bicyclic) bond motifs is 1. The summed E-state index contributed by atoms with van der Waals surface area (Å²) in [5.74, 6) is -0.0644. The van der Waals surface area contributed by atoms with E-state index in [1.165, 1.54) is 17.0 Å². The lowest BCUT2D eigenvalue weighted by Crippen LogP contribution is -2.21. The highest BCUT2D eigenvalue weighted by Crippen LogP contribution is 2.26.